The molecule has 0 spiro atoms. The molecule has 2 N–H and O–H groups in total. The van der Waals surface area contributed by atoms with E-state index in [-0.39, 0.29) is 16.3 Å². The standard InChI is InChI=1S/C16H15ClF3N3O2S/c1-2-14(22-21-12-6-4-3-5-7-12)13-10-11(17)8-9-15(13)23-26(24,25)16(18,19)20/h3-10,21,23H,2H2,1H3/b22-14+. The van der Waals surface area contributed by atoms with Gasteiger partial charge in [-0.3, -0.25) is 10.1 Å². The molecule has 26 heavy (non-hydrogen) atoms. The molecule has 10 heteroatoms. The Balaban J connectivity index is 2.42. The Bertz CT molecular complexity index is 901. The van der Waals surface area contributed by atoms with Crippen molar-refractivity contribution in [1.29, 1.82) is 0 Å². The third-order valence-corrected chi connectivity index (χ3v) is 4.60. The number of halogens is 4. The summed E-state index contributed by atoms with van der Waals surface area (Å²) in [6.45, 7) is 1.73. The average Bonchev–Trinajstić information content (AvgIpc) is 2.57. The van der Waals surface area contributed by atoms with Crippen LogP contribution < -0.4 is 10.1 Å². The molecule has 0 bridgehead atoms. The van der Waals surface area contributed by atoms with Gasteiger partial charge in [0.25, 0.3) is 0 Å². The van der Waals surface area contributed by atoms with Crippen molar-refractivity contribution in [3.05, 3.63) is 59.1 Å². The lowest BCUT2D eigenvalue weighted by molar-refractivity contribution is -0.0429. The third kappa shape index (κ3) is 4.89. The Morgan fingerprint density at radius 3 is 2.38 bits per heavy atom. The number of hydrazone groups is 1. The molecule has 0 aliphatic heterocycles. The molecule has 2 rings (SSSR count). The van der Waals surface area contributed by atoms with Crippen LogP contribution in [0.25, 0.3) is 0 Å². The van der Waals surface area contributed by atoms with Gasteiger partial charge in [-0.25, -0.2) is 0 Å². The second-order valence-electron chi connectivity index (χ2n) is 5.13. The molecular weight excluding hydrogens is 391 g/mol. The van der Waals surface area contributed by atoms with Crippen molar-refractivity contribution >= 4 is 38.7 Å². The van der Waals surface area contributed by atoms with E-state index in [2.05, 4.69) is 10.5 Å². The quantitative estimate of drug-likeness (QED) is 0.534. The summed E-state index contributed by atoms with van der Waals surface area (Å²) in [5.74, 6) is 0. The van der Waals surface area contributed by atoms with Gasteiger partial charge in [-0.05, 0) is 36.8 Å². The molecule has 0 unspecified atom stereocenters. The normalized spacial score (nSPS) is 12.7. The average molecular weight is 406 g/mol. The van der Waals surface area contributed by atoms with E-state index < -0.39 is 15.5 Å². The van der Waals surface area contributed by atoms with Crippen molar-refractivity contribution in [2.75, 3.05) is 10.1 Å². The van der Waals surface area contributed by atoms with E-state index in [9.17, 15) is 21.6 Å². The van der Waals surface area contributed by atoms with Gasteiger partial charge in [0.15, 0.2) is 0 Å². The Morgan fingerprint density at radius 1 is 1.15 bits per heavy atom. The van der Waals surface area contributed by atoms with Crippen LogP contribution in [0.2, 0.25) is 5.02 Å². The van der Waals surface area contributed by atoms with Crippen molar-refractivity contribution in [3.63, 3.8) is 0 Å². The van der Waals surface area contributed by atoms with Gasteiger partial charge in [-0.15, -0.1) is 0 Å². The molecule has 5 nitrogen and oxygen atoms in total. The van der Waals surface area contributed by atoms with Crippen molar-refractivity contribution < 1.29 is 21.6 Å². The van der Waals surface area contributed by atoms with Crippen LogP contribution in [-0.2, 0) is 10.0 Å². The molecule has 2 aromatic carbocycles. The number of rotatable bonds is 6. The molecule has 0 saturated heterocycles. The summed E-state index contributed by atoms with van der Waals surface area (Å²) in [4.78, 5) is 0. The summed E-state index contributed by atoms with van der Waals surface area (Å²) in [6, 6.07) is 12.7. The van der Waals surface area contributed by atoms with E-state index in [0.717, 1.165) is 6.07 Å². The van der Waals surface area contributed by atoms with Crippen LogP contribution in [-0.4, -0.2) is 19.6 Å². The van der Waals surface area contributed by atoms with Gasteiger partial charge >= 0.3 is 15.5 Å². The minimum Gasteiger partial charge on any atom is -0.278 e. The second-order valence-corrected chi connectivity index (χ2v) is 7.24. The number of hydrogen-bond donors (Lipinski definition) is 2. The smallest absolute Gasteiger partial charge is 0.278 e. The number of anilines is 2. The van der Waals surface area contributed by atoms with Crippen LogP contribution >= 0.6 is 11.6 Å². The molecule has 0 amide bonds. The monoisotopic (exact) mass is 405 g/mol. The van der Waals surface area contributed by atoms with Crippen molar-refractivity contribution in [2.24, 2.45) is 5.10 Å². The van der Waals surface area contributed by atoms with Crippen molar-refractivity contribution in [3.8, 4) is 0 Å². The Hall–Kier alpha value is -2.26. The van der Waals surface area contributed by atoms with Gasteiger partial charge in [0.1, 0.15) is 0 Å². The molecule has 0 fully saturated rings. The highest BCUT2D eigenvalue weighted by molar-refractivity contribution is 7.93. The molecule has 0 aromatic heterocycles. The highest BCUT2D eigenvalue weighted by atomic mass is 35.5. The summed E-state index contributed by atoms with van der Waals surface area (Å²) < 4.78 is 62.4. The fourth-order valence-corrected chi connectivity index (χ4v) is 2.78. The number of alkyl halides is 3. The number of hydrogen-bond acceptors (Lipinski definition) is 4. The summed E-state index contributed by atoms with van der Waals surface area (Å²) >= 11 is 5.92. The number of benzene rings is 2. The molecule has 0 saturated carbocycles. The summed E-state index contributed by atoms with van der Waals surface area (Å²) in [7, 11) is -5.56. The van der Waals surface area contributed by atoms with E-state index in [4.69, 9.17) is 11.6 Å². The topological polar surface area (TPSA) is 70.6 Å². The largest absolute Gasteiger partial charge is 0.516 e. The van der Waals surface area contributed by atoms with Crippen LogP contribution in [0.5, 0.6) is 0 Å². The Morgan fingerprint density at radius 2 is 1.81 bits per heavy atom. The van der Waals surface area contributed by atoms with Crippen LogP contribution in [0.15, 0.2) is 53.6 Å². The van der Waals surface area contributed by atoms with Crippen LogP contribution in [0, 0.1) is 0 Å². The summed E-state index contributed by atoms with van der Waals surface area (Å²) in [5.41, 5.74) is -1.77. The van der Waals surface area contributed by atoms with E-state index in [1.165, 1.54) is 12.1 Å². The minimum absolute atomic E-state index is 0.149. The molecule has 0 atom stereocenters. The number of nitrogens with one attached hydrogen (secondary N) is 2. The first-order valence-corrected chi connectivity index (χ1v) is 9.27. The molecular formula is C16H15ClF3N3O2S. The second kappa shape index (κ2) is 7.96. The van der Waals surface area contributed by atoms with Gasteiger partial charge in [0.05, 0.1) is 17.1 Å². The lowest BCUT2D eigenvalue weighted by Crippen LogP contribution is -2.30. The lowest BCUT2D eigenvalue weighted by Gasteiger charge is -2.15. The molecule has 0 radical (unpaired) electrons. The van der Waals surface area contributed by atoms with E-state index in [1.807, 2.05) is 6.07 Å². The minimum atomic E-state index is -5.56. The maximum absolute atomic E-state index is 12.7. The number of nitrogens with zero attached hydrogens (tertiary/aromatic N) is 1. The van der Waals surface area contributed by atoms with E-state index >= 15 is 0 Å². The fraction of sp³-hybridized carbons (Fsp3) is 0.188. The van der Waals surface area contributed by atoms with Gasteiger partial charge in [-0.2, -0.15) is 26.7 Å². The predicted octanol–water partition coefficient (Wildman–Crippen LogP) is 4.83. The van der Waals surface area contributed by atoms with Crippen LogP contribution in [0.3, 0.4) is 0 Å². The van der Waals surface area contributed by atoms with Gasteiger partial charge < -0.3 is 0 Å². The maximum Gasteiger partial charge on any atom is 0.516 e. The Kier molecular flexibility index (Phi) is 6.14. The number of sulfonamides is 1. The molecule has 0 aliphatic carbocycles. The molecule has 2 aromatic rings. The highest BCUT2D eigenvalue weighted by Gasteiger charge is 2.46. The number of para-hydroxylation sites is 1. The summed E-state index contributed by atoms with van der Waals surface area (Å²) in [5, 5.41) is 4.40. The Labute approximate surface area is 153 Å². The molecule has 0 aliphatic rings. The zero-order valence-corrected chi connectivity index (χ0v) is 15.1. The first-order chi connectivity index (χ1) is 12.1. The van der Waals surface area contributed by atoms with Crippen molar-refractivity contribution in [1.82, 2.24) is 0 Å². The van der Waals surface area contributed by atoms with E-state index in [1.54, 1.807) is 35.9 Å². The maximum atomic E-state index is 12.7. The van der Waals surface area contributed by atoms with Crippen molar-refractivity contribution in [2.45, 2.75) is 18.9 Å². The van der Waals surface area contributed by atoms with Crippen LogP contribution in [0.4, 0.5) is 24.5 Å². The molecule has 0 heterocycles. The van der Waals surface area contributed by atoms with E-state index in [0.29, 0.717) is 17.8 Å². The first-order valence-electron chi connectivity index (χ1n) is 7.40. The van der Waals surface area contributed by atoms with Gasteiger partial charge in [-0.1, -0.05) is 36.7 Å². The van der Waals surface area contributed by atoms with Crippen LogP contribution in [0.1, 0.15) is 18.9 Å². The lowest BCUT2D eigenvalue weighted by atomic mass is 10.1. The predicted molar refractivity (Wildman–Crippen MR) is 96.9 cm³/mol. The molecule has 140 valence electrons. The zero-order valence-electron chi connectivity index (χ0n) is 13.5. The highest BCUT2D eigenvalue weighted by Crippen LogP contribution is 2.29. The first kappa shape index (κ1) is 20.1. The fourth-order valence-electron chi connectivity index (χ4n) is 2.02. The van der Waals surface area contributed by atoms with Gasteiger partial charge in [0.2, 0.25) is 0 Å². The third-order valence-electron chi connectivity index (χ3n) is 3.27. The zero-order chi connectivity index (χ0) is 19.4. The van der Waals surface area contributed by atoms with Gasteiger partial charge in [0, 0.05) is 10.6 Å². The summed E-state index contributed by atoms with van der Waals surface area (Å²) in [6.07, 6.45) is 0.320. The SMILES string of the molecule is CC/C(=N\Nc1ccccc1)c1cc(Cl)ccc1NS(=O)(=O)C(F)(F)F.